The molecule has 5 heteroatoms. The molecule has 3 rings (SSSR count). The first-order valence-electron chi connectivity index (χ1n) is 8.46. The first-order chi connectivity index (χ1) is 11.5. The van der Waals surface area contributed by atoms with E-state index in [0.717, 1.165) is 23.5 Å². The molecular formula is C19H23ClN2OS. The highest BCUT2D eigenvalue weighted by atomic mass is 35.5. The molecule has 0 radical (unpaired) electrons. The van der Waals surface area contributed by atoms with Crippen molar-refractivity contribution in [3.8, 4) is 0 Å². The van der Waals surface area contributed by atoms with Crippen molar-refractivity contribution in [3.63, 3.8) is 0 Å². The summed E-state index contributed by atoms with van der Waals surface area (Å²) in [6.45, 7) is 8.29. The molecule has 1 aromatic heterocycles. The Morgan fingerprint density at radius 1 is 1.38 bits per heavy atom. The lowest BCUT2D eigenvalue weighted by molar-refractivity contribution is 0.173. The third-order valence-electron chi connectivity index (χ3n) is 5.13. The lowest BCUT2D eigenvalue weighted by atomic mass is 9.78. The molecule has 1 aliphatic carbocycles. The first-order valence-corrected chi connectivity index (χ1v) is 9.82. The number of halogens is 1. The Bertz CT molecular complexity index is 817. The highest BCUT2D eigenvalue weighted by molar-refractivity contribution is 7.99. The van der Waals surface area contributed by atoms with E-state index in [1.165, 1.54) is 18.2 Å². The molecule has 128 valence electrons. The Morgan fingerprint density at radius 2 is 2.12 bits per heavy atom. The molecule has 1 aliphatic rings. The van der Waals surface area contributed by atoms with Crippen molar-refractivity contribution in [1.29, 1.82) is 0 Å². The van der Waals surface area contributed by atoms with Gasteiger partial charge >= 0.3 is 0 Å². The Kier molecular flexibility index (Phi) is 5.36. The van der Waals surface area contributed by atoms with Crippen LogP contribution in [0.4, 0.5) is 0 Å². The molecule has 3 atom stereocenters. The van der Waals surface area contributed by atoms with E-state index in [-0.39, 0.29) is 11.6 Å². The van der Waals surface area contributed by atoms with Crippen LogP contribution in [0.1, 0.15) is 39.2 Å². The largest absolute Gasteiger partial charge is 0.284 e. The molecule has 0 spiro atoms. The van der Waals surface area contributed by atoms with E-state index in [1.807, 2.05) is 28.8 Å². The highest BCUT2D eigenvalue weighted by Gasteiger charge is 2.31. The number of aromatic nitrogens is 2. The van der Waals surface area contributed by atoms with Crippen molar-refractivity contribution in [3.05, 3.63) is 46.2 Å². The zero-order valence-electron chi connectivity index (χ0n) is 14.2. The van der Waals surface area contributed by atoms with Crippen LogP contribution in [0.25, 0.3) is 10.9 Å². The van der Waals surface area contributed by atoms with Gasteiger partial charge in [0.05, 0.1) is 10.9 Å². The predicted octanol–water partition coefficient (Wildman–Crippen LogP) is 5.24. The van der Waals surface area contributed by atoms with Crippen molar-refractivity contribution in [2.75, 3.05) is 5.75 Å². The van der Waals surface area contributed by atoms with Gasteiger partial charge in [-0.1, -0.05) is 68.8 Å². The van der Waals surface area contributed by atoms with E-state index in [4.69, 9.17) is 16.6 Å². The summed E-state index contributed by atoms with van der Waals surface area (Å²) in [7, 11) is 0. The number of rotatable bonds is 4. The quantitative estimate of drug-likeness (QED) is 0.551. The van der Waals surface area contributed by atoms with Crippen LogP contribution >= 0.6 is 23.4 Å². The third kappa shape index (κ3) is 3.40. The van der Waals surface area contributed by atoms with E-state index in [0.29, 0.717) is 28.0 Å². The summed E-state index contributed by atoms with van der Waals surface area (Å²) in [6, 6.07) is 7.78. The van der Waals surface area contributed by atoms with Crippen molar-refractivity contribution < 1.29 is 0 Å². The average molecular weight is 363 g/mol. The molecule has 2 aromatic rings. The number of thioether (sulfide) groups is 1. The van der Waals surface area contributed by atoms with Crippen molar-refractivity contribution in [2.45, 2.75) is 44.3 Å². The summed E-state index contributed by atoms with van der Waals surface area (Å²) in [5.74, 6) is 1.63. The molecule has 0 unspecified atom stereocenters. The van der Waals surface area contributed by atoms with Crippen LogP contribution in [0, 0.1) is 11.8 Å². The number of para-hydroxylation sites is 1. The van der Waals surface area contributed by atoms with Gasteiger partial charge in [-0.25, -0.2) is 4.98 Å². The fraction of sp³-hybridized carbons (Fsp3) is 0.474. The van der Waals surface area contributed by atoms with Crippen LogP contribution in [0.5, 0.6) is 0 Å². The Hall–Kier alpha value is -1.26. The van der Waals surface area contributed by atoms with E-state index < -0.39 is 0 Å². The fourth-order valence-electron chi connectivity index (χ4n) is 3.58. The van der Waals surface area contributed by atoms with E-state index in [9.17, 15) is 4.79 Å². The Labute approximate surface area is 152 Å². The normalized spacial score (nSPS) is 24.2. The number of fused-ring (bicyclic) bond motifs is 1. The predicted molar refractivity (Wildman–Crippen MR) is 103 cm³/mol. The highest BCUT2D eigenvalue weighted by Crippen LogP contribution is 2.39. The molecule has 0 saturated heterocycles. The van der Waals surface area contributed by atoms with Crippen LogP contribution in [0.2, 0.25) is 0 Å². The Morgan fingerprint density at radius 3 is 2.88 bits per heavy atom. The first kappa shape index (κ1) is 17.6. The van der Waals surface area contributed by atoms with Gasteiger partial charge in [0, 0.05) is 16.8 Å². The molecule has 0 amide bonds. The Balaban J connectivity index is 2.15. The van der Waals surface area contributed by atoms with Gasteiger partial charge in [0.25, 0.3) is 5.56 Å². The molecule has 1 aromatic carbocycles. The SMILES string of the molecule is C=C(Cl)CSc1nc2ccccc2c(=O)n1[C@H]1CCC[C@H](C)[C@@H]1C. The maximum Gasteiger partial charge on any atom is 0.262 e. The van der Waals surface area contributed by atoms with Crippen LogP contribution in [-0.4, -0.2) is 15.3 Å². The zero-order valence-corrected chi connectivity index (χ0v) is 15.7. The summed E-state index contributed by atoms with van der Waals surface area (Å²) in [5, 5.41) is 2.02. The number of hydrogen-bond donors (Lipinski definition) is 0. The summed E-state index contributed by atoms with van der Waals surface area (Å²) < 4.78 is 1.92. The smallest absolute Gasteiger partial charge is 0.262 e. The van der Waals surface area contributed by atoms with E-state index in [2.05, 4.69) is 20.4 Å². The van der Waals surface area contributed by atoms with Crippen molar-refractivity contribution >= 4 is 34.3 Å². The molecule has 3 nitrogen and oxygen atoms in total. The topological polar surface area (TPSA) is 34.9 Å². The van der Waals surface area contributed by atoms with E-state index >= 15 is 0 Å². The van der Waals surface area contributed by atoms with Crippen molar-refractivity contribution in [2.24, 2.45) is 11.8 Å². The number of hydrogen-bond acceptors (Lipinski definition) is 3. The van der Waals surface area contributed by atoms with Gasteiger partial charge < -0.3 is 0 Å². The van der Waals surface area contributed by atoms with Gasteiger partial charge in [0.15, 0.2) is 5.16 Å². The summed E-state index contributed by atoms with van der Waals surface area (Å²) in [4.78, 5) is 18.0. The van der Waals surface area contributed by atoms with Gasteiger partial charge in [0.1, 0.15) is 0 Å². The molecule has 0 aliphatic heterocycles. The molecule has 1 fully saturated rings. The second-order valence-corrected chi connectivity index (χ2v) is 8.20. The van der Waals surface area contributed by atoms with Crippen LogP contribution in [0.15, 0.2) is 45.8 Å². The van der Waals surface area contributed by atoms with Crippen LogP contribution in [0.3, 0.4) is 0 Å². The molecule has 24 heavy (non-hydrogen) atoms. The minimum absolute atomic E-state index is 0.0641. The lowest BCUT2D eigenvalue weighted by Gasteiger charge is -2.36. The van der Waals surface area contributed by atoms with Gasteiger partial charge in [-0.2, -0.15) is 0 Å². The van der Waals surface area contributed by atoms with Gasteiger partial charge in [-0.05, 0) is 30.4 Å². The van der Waals surface area contributed by atoms with Gasteiger partial charge in [-0.3, -0.25) is 9.36 Å². The second-order valence-electron chi connectivity index (χ2n) is 6.73. The minimum Gasteiger partial charge on any atom is -0.284 e. The van der Waals surface area contributed by atoms with Crippen LogP contribution < -0.4 is 5.56 Å². The summed E-state index contributed by atoms with van der Waals surface area (Å²) >= 11 is 7.45. The summed E-state index contributed by atoms with van der Waals surface area (Å²) in [5.41, 5.74) is 0.812. The summed E-state index contributed by atoms with van der Waals surface area (Å²) in [6.07, 6.45) is 3.41. The van der Waals surface area contributed by atoms with Gasteiger partial charge in [0.2, 0.25) is 0 Å². The maximum absolute atomic E-state index is 13.2. The molecule has 1 heterocycles. The number of nitrogens with zero attached hydrogens (tertiary/aromatic N) is 2. The van der Waals surface area contributed by atoms with Crippen LogP contribution in [-0.2, 0) is 0 Å². The fourth-order valence-corrected chi connectivity index (χ4v) is 4.55. The average Bonchev–Trinajstić information content (AvgIpc) is 2.56. The molecule has 1 saturated carbocycles. The molecular weight excluding hydrogens is 340 g/mol. The maximum atomic E-state index is 13.2. The second kappa shape index (κ2) is 7.32. The molecule has 0 N–H and O–H groups in total. The van der Waals surface area contributed by atoms with Gasteiger partial charge in [-0.15, -0.1) is 0 Å². The van der Waals surface area contributed by atoms with E-state index in [1.54, 1.807) is 0 Å². The van der Waals surface area contributed by atoms with Crippen molar-refractivity contribution in [1.82, 2.24) is 9.55 Å². The lowest BCUT2D eigenvalue weighted by Crippen LogP contribution is -2.35. The zero-order chi connectivity index (χ0) is 17.3. The standard InChI is InChI=1S/C19H23ClN2OS/c1-12-7-6-10-17(14(12)3)22-18(23)15-8-4-5-9-16(15)21-19(22)24-11-13(2)20/h4-5,8-9,12,14,17H,2,6-7,10-11H2,1,3H3/t12-,14-,17-/m0/s1. The molecule has 0 bridgehead atoms. The number of benzene rings is 1. The third-order valence-corrected chi connectivity index (χ3v) is 6.46. The monoisotopic (exact) mass is 362 g/mol. The minimum atomic E-state index is 0.0641.